The Bertz CT molecular complexity index is 242. The zero-order valence-electron chi connectivity index (χ0n) is 10.7. The SMILES string of the molecule is CC1OCCC1NC(=O)CC(N)C(C)(C)C. The molecule has 0 radical (unpaired) electrons. The fourth-order valence-electron chi connectivity index (χ4n) is 1.69. The third-order valence-corrected chi connectivity index (χ3v) is 3.24. The predicted molar refractivity (Wildman–Crippen MR) is 64.0 cm³/mol. The highest BCUT2D eigenvalue weighted by atomic mass is 16.5. The highest BCUT2D eigenvalue weighted by molar-refractivity contribution is 5.77. The third-order valence-electron chi connectivity index (χ3n) is 3.24. The minimum Gasteiger partial charge on any atom is -0.376 e. The maximum Gasteiger partial charge on any atom is 0.221 e. The summed E-state index contributed by atoms with van der Waals surface area (Å²) in [7, 11) is 0. The number of carbonyl (C=O) groups excluding carboxylic acids is 1. The minimum absolute atomic E-state index is 0.0322. The molecule has 94 valence electrons. The van der Waals surface area contributed by atoms with E-state index in [1.165, 1.54) is 0 Å². The second-order valence-electron chi connectivity index (χ2n) is 5.72. The zero-order chi connectivity index (χ0) is 12.3. The van der Waals surface area contributed by atoms with Gasteiger partial charge in [0.05, 0.1) is 12.1 Å². The number of nitrogens with two attached hydrogens (primary N) is 1. The normalized spacial score (nSPS) is 27.8. The number of carbonyl (C=O) groups is 1. The van der Waals surface area contributed by atoms with Gasteiger partial charge in [-0.05, 0) is 18.8 Å². The smallest absolute Gasteiger partial charge is 0.221 e. The van der Waals surface area contributed by atoms with Gasteiger partial charge >= 0.3 is 0 Å². The summed E-state index contributed by atoms with van der Waals surface area (Å²) in [5.41, 5.74) is 5.94. The van der Waals surface area contributed by atoms with Gasteiger partial charge in [-0.25, -0.2) is 0 Å². The molecule has 1 fully saturated rings. The molecule has 0 aromatic rings. The maximum absolute atomic E-state index is 11.8. The van der Waals surface area contributed by atoms with Crippen LogP contribution in [0.3, 0.4) is 0 Å². The van der Waals surface area contributed by atoms with Crippen LogP contribution in [0.1, 0.15) is 40.5 Å². The van der Waals surface area contributed by atoms with Gasteiger partial charge in [-0.1, -0.05) is 20.8 Å². The van der Waals surface area contributed by atoms with E-state index in [1.807, 2.05) is 27.7 Å². The molecular weight excluding hydrogens is 204 g/mol. The maximum atomic E-state index is 11.8. The van der Waals surface area contributed by atoms with Gasteiger partial charge in [-0.3, -0.25) is 4.79 Å². The molecule has 0 saturated carbocycles. The average Bonchev–Trinajstić information content (AvgIpc) is 2.50. The quantitative estimate of drug-likeness (QED) is 0.758. The van der Waals surface area contributed by atoms with Crippen molar-refractivity contribution in [2.45, 2.75) is 58.7 Å². The summed E-state index contributed by atoms with van der Waals surface area (Å²) in [6.45, 7) is 8.86. The first-order valence-corrected chi connectivity index (χ1v) is 5.97. The Morgan fingerprint density at radius 1 is 1.56 bits per heavy atom. The van der Waals surface area contributed by atoms with Crippen LogP contribution in [0, 0.1) is 5.41 Å². The van der Waals surface area contributed by atoms with Crippen LogP contribution in [-0.4, -0.2) is 30.7 Å². The molecule has 1 amide bonds. The van der Waals surface area contributed by atoms with Gasteiger partial charge in [0.1, 0.15) is 0 Å². The first-order chi connectivity index (χ1) is 7.30. The van der Waals surface area contributed by atoms with Crippen LogP contribution in [-0.2, 0) is 9.53 Å². The molecule has 0 aliphatic carbocycles. The molecule has 1 aliphatic rings. The van der Waals surface area contributed by atoms with Crippen LogP contribution in [0.4, 0.5) is 0 Å². The van der Waals surface area contributed by atoms with Crippen LogP contribution in [0.2, 0.25) is 0 Å². The van der Waals surface area contributed by atoms with Crippen molar-refractivity contribution in [3.05, 3.63) is 0 Å². The van der Waals surface area contributed by atoms with E-state index in [0.29, 0.717) is 6.42 Å². The zero-order valence-corrected chi connectivity index (χ0v) is 10.7. The molecule has 1 saturated heterocycles. The second-order valence-corrected chi connectivity index (χ2v) is 5.72. The molecule has 0 aromatic heterocycles. The van der Waals surface area contributed by atoms with E-state index in [2.05, 4.69) is 5.32 Å². The lowest BCUT2D eigenvalue weighted by atomic mass is 9.85. The summed E-state index contributed by atoms with van der Waals surface area (Å²) < 4.78 is 5.39. The standard InChI is InChI=1S/C12H24N2O2/c1-8-9(5-6-16-8)14-11(15)7-10(13)12(2,3)4/h8-10H,5-7,13H2,1-4H3,(H,14,15). The lowest BCUT2D eigenvalue weighted by Crippen LogP contribution is -2.44. The monoisotopic (exact) mass is 228 g/mol. The molecule has 1 heterocycles. The summed E-state index contributed by atoms with van der Waals surface area (Å²) in [6, 6.07) is 0.0461. The Labute approximate surface area is 97.9 Å². The molecule has 0 aromatic carbocycles. The van der Waals surface area contributed by atoms with E-state index in [9.17, 15) is 4.79 Å². The molecule has 3 unspecified atom stereocenters. The molecule has 0 spiro atoms. The van der Waals surface area contributed by atoms with Crippen LogP contribution in [0.25, 0.3) is 0 Å². The third kappa shape index (κ3) is 3.76. The molecular formula is C12H24N2O2. The van der Waals surface area contributed by atoms with Gasteiger partial charge in [0.25, 0.3) is 0 Å². The Morgan fingerprint density at radius 3 is 2.62 bits per heavy atom. The van der Waals surface area contributed by atoms with Crippen molar-refractivity contribution in [1.29, 1.82) is 0 Å². The van der Waals surface area contributed by atoms with Crippen molar-refractivity contribution in [2.24, 2.45) is 11.1 Å². The number of hydrogen-bond acceptors (Lipinski definition) is 3. The van der Waals surface area contributed by atoms with Crippen molar-refractivity contribution < 1.29 is 9.53 Å². The summed E-state index contributed by atoms with van der Waals surface area (Å²) in [5.74, 6) is 0.0322. The Morgan fingerprint density at radius 2 is 2.19 bits per heavy atom. The first-order valence-electron chi connectivity index (χ1n) is 5.97. The lowest BCUT2D eigenvalue weighted by molar-refractivity contribution is -0.123. The minimum atomic E-state index is -0.106. The number of amides is 1. The van der Waals surface area contributed by atoms with E-state index in [0.717, 1.165) is 13.0 Å². The van der Waals surface area contributed by atoms with Crippen molar-refractivity contribution in [3.63, 3.8) is 0 Å². The van der Waals surface area contributed by atoms with Crippen LogP contribution >= 0.6 is 0 Å². The van der Waals surface area contributed by atoms with Gasteiger partial charge in [0, 0.05) is 19.1 Å². The number of rotatable bonds is 3. The van der Waals surface area contributed by atoms with Crippen LogP contribution < -0.4 is 11.1 Å². The highest BCUT2D eigenvalue weighted by Gasteiger charge is 2.28. The van der Waals surface area contributed by atoms with Gasteiger partial charge in [0.2, 0.25) is 5.91 Å². The fraction of sp³-hybridized carbons (Fsp3) is 0.917. The van der Waals surface area contributed by atoms with E-state index in [-0.39, 0.29) is 29.5 Å². The van der Waals surface area contributed by atoms with Gasteiger partial charge in [-0.15, -0.1) is 0 Å². The Hall–Kier alpha value is -0.610. The van der Waals surface area contributed by atoms with Crippen LogP contribution in [0.15, 0.2) is 0 Å². The largest absolute Gasteiger partial charge is 0.376 e. The number of hydrogen-bond donors (Lipinski definition) is 2. The van der Waals surface area contributed by atoms with Crippen LogP contribution in [0.5, 0.6) is 0 Å². The molecule has 0 bridgehead atoms. The molecule has 3 N–H and O–H groups in total. The van der Waals surface area contributed by atoms with Crippen molar-refractivity contribution in [2.75, 3.05) is 6.61 Å². The molecule has 1 rings (SSSR count). The molecule has 16 heavy (non-hydrogen) atoms. The summed E-state index contributed by atoms with van der Waals surface area (Å²) in [5, 5.41) is 2.99. The van der Waals surface area contributed by atoms with Gasteiger partial charge in [-0.2, -0.15) is 0 Å². The van der Waals surface area contributed by atoms with Crippen molar-refractivity contribution in [1.82, 2.24) is 5.32 Å². The van der Waals surface area contributed by atoms with E-state index < -0.39 is 0 Å². The van der Waals surface area contributed by atoms with E-state index in [1.54, 1.807) is 0 Å². The van der Waals surface area contributed by atoms with Gasteiger partial charge in [0.15, 0.2) is 0 Å². The number of nitrogens with one attached hydrogen (secondary N) is 1. The van der Waals surface area contributed by atoms with E-state index in [4.69, 9.17) is 10.5 Å². The average molecular weight is 228 g/mol. The summed E-state index contributed by atoms with van der Waals surface area (Å²) in [4.78, 5) is 11.8. The highest BCUT2D eigenvalue weighted by Crippen LogP contribution is 2.20. The molecule has 3 atom stereocenters. The molecule has 1 aliphatic heterocycles. The van der Waals surface area contributed by atoms with Crippen molar-refractivity contribution in [3.8, 4) is 0 Å². The lowest BCUT2D eigenvalue weighted by Gasteiger charge is -2.27. The summed E-state index contributed by atoms with van der Waals surface area (Å²) in [6.07, 6.45) is 1.40. The fourth-order valence-corrected chi connectivity index (χ4v) is 1.69. The molecule has 4 nitrogen and oxygen atoms in total. The second kappa shape index (κ2) is 5.15. The van der Waals surface area contributed by atoms with Gasteiger partial charge < -0.3 is 15.8 Å². The topological polar surface area (TPSA) is 64.3 Å². The Balaban J connectivity index is 2.36. The first kappa shape index (κ1) is 13.5. The summed E-state index contributed by atoms with van der Waals surface area (Å²) >= 11 is 0. The number of ether oxygens (including phenoxy) is 1. The predicted octanol–water partition coefficient (Wildman–Crippen LogP) is 1.04. The Kier molecular flexibility index (Phi) is 4.33. The van der Waals surface area contributed by atoms with E-state index >= 15 is 0 Å². The molecule has 4 heteroatoms. The van der Waals surface area contributed by atoms with Crippen molar-refractivity contribution >= 4 is 5.91 Å².